The van der Waals surface area contributed by atoms with E-state index >= 15 is 0 Å². The summed E-state index contributed by atoms with van der Waals surface area (Å²) in [5.74, 6) is -0.910. The van der Waals surface area contributed by atoms with Crippen molar-refractivity contribution in [1.29, 1.82) is 0 Å². The quantitative estimate of drug-likeness (QED) is 0.0262. The monoisotopic (exact) mass is 869 g/mol. The first kappa shape index (κ1) is 59.4. The molecular weight excluding hydrogens is 769 g/mol. The van der Waals surface area contributed by atoms with Crippen molar-refractivity contribution in [1.82, 2.24) is 0 Å². The Bertz CT molecular complexity index is 1090. The maximum absolute atomic E-state index is 12.8. The van der Waals surface area contributed by atoms with Gasteiger partial charge in [0, 0.05) is 19.3 Å². The number of allylic oxidation sites excluding steroid dienone is 8. The van der Waals surface area contributed by atoms with Crippen molar-refractivity contribution in [2.45, 2.75) is 277 Å². The summed E-state index contributed by atoms with van der Waals surface area (Å²) in [4.78, 5) is 38.0. The molecule has 0 rings (SSSR count). The molecule has 1 unspecified atom stereocenters. The summed E-state index contributed by atoms with van der Waals surface area (Å²) in [6.07, 6.45) is 61.0. The zero-order chi connectivity index (χ0) is 45.1. The summed E-state index contributed by atoms with van der Waals surface area (Å²) in [6.45, 7) is 6.49. The predicted molar refractivity (Wildman–Crippen MR) is 265 cm³/mol. The average molecular weight is 869 g/mol. The Labute approximate surface area is 384 Å². The van der Waals surface area contributed by atoms with Crippen molar-refractivity contribution in [3.05, 3.63) is 48.6 Å². The van der Waals surface area contributed by atoms with Gasteiger partial charge in [-0.2, -0.15) is 0 Å². The molecule has 6 heteroatoms. The van der Waals surface area contributed by atoms with E-state index in [1.165, 1.54) is 161 Å². The molecule has 0 aromatic rings. The van der Waals surface area contributed by atoms with E-state index in [9.17, 15) is 14.4 Å². The predicted octanol–water partition coefficient (Wildman–Crippen LogP) is 17.5. The number of esters is 3. The molecule has 0 heterocycles. The van der Waals surface area contributed by atoms with Crippen LogP contribution < -0.4 is 0 Å². The molecule has 360 valence electrons. The average Bonchev–Trinajstić information content (AvgIpc) is 3.27. The topological polar surface area (TPSA) is 78.9 Å². The number of carbonyl (C=O) groups excluding carboxylic acids is 3. The molecule has 0 aliphatic rings. The van der Waals surface area contributed by atoms with E-state index in [-0.39, 0.29) is 31.1 Å². The second kappa shape index (κ2) is 51.0. The molecule has 0 fully saturated rings. The van der Waals surface area contributed by atoms with E-state index in [1.807, 2.05) is 30.4 Å². The van der Waals surface area contributed by atoms with Crippen LogP contribution in [0.4, 0.5) is 0 Å². The van der Waals surface area contributed by atoms with Gasteiger partial charge in [0.25, 0.3) is 0 Å². The number of hydrogen-bond donors (Lipinski definition) is 0. The number of hydrogen-bond acceptors (Lipinski definition) is 6. The Hall–Kier alpha value is -2.63. The lowest BCUT2D eigenvalue weighted by molar-refractivity contribution is -0.167. The summed E-state index contributed by atoms with van der Waals surface area (Å²) in [6, 6.07) is 0. The normalized spacial score (nSPS) is 12.4. The van der Waals surface area contributed by atoms with Crippen molar-refractivity contribution in [3.8, 4) is 0 Å². The van der Waals surface area contributed by atoms with Gasteiger partial charge in [-0.25, -0.2) is 0 Å². The van der Waals surface area contributed by atoms with Crippen LogP contribution in [0.3, 0.4) is 0 Å². The number of ether oxygens (including phenoxy) is 3. The highest BCUT2D eigenvalue weighted by molar-refractivity contribution is 5.71. The fourth-order valence-electron chi connectivity index (χ4n) is 7.69. The highest BCUT2D eigenvalue weighted by atomic mass is 16.6. The maximum atomic E-state index is 12.8. The molecule has 0 amide bonds. The summed E-state index contributed by atoms with van der Waals surface area (Å²) in [7, 11) is 0. The highest BCUT2D eigenvalue weighted by Crippen LogP contribution is 2.16. The molecule has 0 saturated carbocycles. The lowest BCUT2D eigenvalue weighted by atomic mass is 10.0. The summed E-state index contributed by atoms with van der Waals surface area (Å²) in [5, 5.41) is 0. The lowest BCUT2D eigenvalue weighted by Crippen LogP contribution is -2.30. The molecule has 0 N–H and O–H groups in total. The summed E-state index contributed by atoms with van der Waals surface area (Å²) >= 11 is 0. The van der Waals surface area contributed by atoms with Gasteiger partial charge in [0.1, 0.15) is 13.2 Å². The van der Waals surface area contributed by atoms with Crippen LogP contribution in [0.15, 0.2) is 48.6 Å². The molecule has 0 aromatic heterocycles. The van der Waals surface area contributed by atoms with Gasteiger partial charge in [-0.3, -0.25) is 14.4 Å². The Kier molecular flexibility index (Phi) is 48.8. The minimum atomic E-state index is -0.784. The number of rotatable bonds is 48. The van der Waals surface area contributed by atoms with Crippen LogP contribution in [0, 0.1) is 0 Å². The third kappa shape index (κ3) is 48.4. The van der Waals surface area contributed by atoms with Gasteiger partial charge in [-0.05, 0) is 38.5 Å². The van der Waals surface area contributed by atoms with E-state index < -0.39 is 6.10 Å². The third-order valence-electron chi connectivity index (χ3n) is 11.7. The highest BCUT2D eigenvalue weighted by Gasteiger charge is 2.19. The van der Waals surface area contributed by atoms with Gasteiger partial charge in [0.15, 0.2) is 6.10 Å². The molecule has 0 aromatic carbocycles. The van der Waals surface area contributed by atoms with Gasteiger partial charge in [-0.1, -0.05) is 262 Å². The van der Waals surface area contributed by atoms with Crippen molar-refractivity contribution in [3.63, 3.8) is 0 Å². The van der Waals surface area contributed by atoms with Crippen LogP contribution >= 0.6 is 0 Å². The molecule has 0 saturated heterocycles. The zero-order valence-corrected chi connectivity index (χ0v) is 41.1. The third-order valence-corrected chi connectivity index (χ3v) is 11.7. The van der Waals surface area contributed by atoms with Crippen molar-refractivity contribution < 1.29 is 28.6 Å². The number of unbranched alkanes of at least 4 members (excludes halogenated alkanes) is 32. The molecular formula is C56H100O6. The van der Waals surface area contributed by atoms with Gasteiger partial charge in [-0.15, -0.1) is 0 Å². The smallest absolute Gasteiger partial charge is 0.306 e. The standard InChI is InChI=1S/C56H100O6/c1-4-7-10-13-16-19-22-25-27-28-29-32-34-37-40-43-46-49-55(58)61-52-53(51-60-54(57)48-45-42-39-36-33-30-24-21-18-15-12-9-6-3)62-56(59)50-47-44-41-38-35-31-26-23-20-17-14-11-8-5-2/h9,12,15,18,21,24,30,33,53H,4-8,10-11,13-14,16-17,19-20,22-23,25-29,31-32,34-52H2,1-3H3/b12-9+,18-15+,24-21+,33-30+. The molecule has 0 aliphatic carbocycles. The van der Waals surface area contributed by atoms with E-state index in [1.54, 1.807) is 0 Å². The van der Waals surface area contributed by atoms with Crippen LogP contribution in [0.1, 0.15) is 271 Å². The first-order valence-corrected chi connectivity index (χ1v) is 26.7. The first-order valence-electron chi connectivity index (χ1n) is 26.7. The van der Waals surface area contributed by atoms with Crippen LogP contribution in [-0.4, -0.2) is 37.2 Å². The van der Waals surface area contributed by atoms with Crippen molar-refractivity contribution >= 4 is 17.9 Å². The summed E-state index contributed by atoms with van der Waals surface area (Å²) in [5.41, 5.74) is 0. The zero-order valence-electron chi connectivity index (χ0n) is 41.1. The maximum Gasteiger partial charge on any atom is 0.306 e. The Balaban J connectivity index is 4.37. The molecule has 6 nitrogen and oxygen atoms in total. The SMILES string of the molecule is CC/C=C/C=C/C=C/C=C/CCCCCC(=O)OCC(COC(=O)CCCCCCCCCCCCCCCCCCC)OC(=O)CCCCCCCCCCCCCCCC. The van der Waals surface area contributed by atoms with Crippen LogP contribution in [-0.2, 0) is 28.6 Å². The van der Waals surface area contributed by atoms with Gasteiger partial charge < -0.3 is 14.2 Å². The van der Waals surface area contributed by atoms with E-state index in [0.29, 0.717) is 19.3 Å². The van der Waals surface area contributed by atoms with Crippen LogP contribution in [0.25, 0.3) is 0 Å². The van der Waals surface area contributed by atoms with Crippen LogP contribution in [0.2, 0.25) is 0 Å². The Morgan fingerprint density at radius 2 is 0.629 bits per heavy atom. The molecule has 0 bridgehead atoms. The molecule has 0 aliphatic heterocycles. The Morgan fingerprint density at radius 1 is 0.339 bits per heavy atom. The van der Waals surface area contributed by atoms with Crippen LogP contribution in [0.5, 0.6) is 0 Å². The number of carbonyl (C=O) groups is 3. The van der Waals surface area contributed by atoms with Crippen molar-refractivity contribution in [2.75, 3.05) is 13.2 Å². The summed E-state index contributed by atoms with van der Waals surface area (Å²) < 4.78 is 16.8. The first-order chi connectivity index (χ1) is 30.5. The molecule has 1 atom stereocenters. The second-order valence-electron chi connectivity index (χ2n) is 17.9. The molecule has 62 heavy (non-hydrogen) atoms. The minimum absolute atomic E-state index is 0.0818. The fraction of sp³-hybridized carbons (Fsp3) is 0.804. The molecule has 0 radical (unpaired) electrons. The Morgan fingerprint density at radius 3 is 0.984 bits per heavy atom. The minimum Gasteiger partial charge on any atom is -0.462 e. The van der Waals surface area contributed by atoms with E-state index in [0.717, 1.165) is 70.6 Å². The van der Waals surface area contributed by atoms with E-state index in [4.69, 9.17) is 14.2 Å². The van der Waals surface area contributed by atoms with Gasteiger partial charge >= 0.3 is 17.9 Å². The lowest BCUT2D eigenvalue weighted by Gasteiger charge is -2.18. The van der Waals surface area contributed by atoms with Gasteiger partial charge in [0.2, 0.25) is 0 Å². The van der Waals surface area contributed by atoms with Crippen molar-refractivity contribution in [2.24, 2.45) is 0 Å². The molecule has 0 spiro atoms. The second-order valence-corrected chi connectivity index (χ2v) is 17.9. The largest absolute Gasteiger partial charge is 0.462 e. The fourth-order valence-corrected chi connectivity index (χ4v) is 7.69. The van der Waals surface area contributed by atoms with Gasteiger partial charge in [0.05, 0.1) is 0 Å². The van der Waals surface area contributed by atoms with E-state index in [2.05, 4.69) is 39.0 Å².